The van der Waals surface area contributed by atoms with E-state index in [0.717, 1.165) is 0 Å². The first kappa shape index (κ1) is 17.1. The number of rotatable bonds is 7. The number of carbonyl (C=O) groups is 2. The van der Waals surface area contributed by atoms with E-state index in [1.54, 1.807) is 12.0 Å². The van der Waals surface area contributed by atoms with Crippen LogP contribution in [0.15, 0.2) is 24.3 Å². The van der Waals surface area contributed by atoms with Crippen molar-refractivity contribution in [3.8, 4) is 5.75 Å². The van der Waals surface area contributed by atoms with Crippen LogP contribution in [-0.2, 0) is 9.53 Å². The molecule has 0 radical (unpaired) electrons. The smallest absolute Gasteiger partial charge is 0.387 e. The third kappa shape index (κ3) is 4.88. The molecule has 6 nitrogen and oxygen atoms in total. The Hall–Kier alpha value is -2.22. The van der Waals surface area contributed by atoms with Gasteiger partial charge < -0.3 is 19.7 Å². The number of methoxy groups -OCH3 is 1. The summed E-state index contributed by atoms with van der Waals surface area (Å²) in [7, 11) is 1.55. The van der Waals surface area contributed by atoms with Gasteiger partial charge in [-0.05, 0) is 18.2 Å². The molecule has 0 aromatic heterocycles. The van der Waals surface area contributed by atoms with Crippen molar-refractivity contribution in [2.24, 2.45) is 0 Å². The fourth-order valence-corrected chi connectivity index (χ4v) is 2.37. The fourth-order valence-electron chi connectivity index (χ4n) is 2.37. The van der Waals surface area contributed by atoms with Crippen LogP contribution in [0, 0.1) is 0 Å². The van der Waals surface area contributed by atoms with Crippen molar-refractivity contribution in [1.82, 2.24) is 10.2 Å². The highest BCUT2D eigenvalue weighted by atomic mass is 19.3. The van der Waals surface area contributed by atoms with Gasteiger partial charge in [0, 0.05) is 32.2 Å². The van der Waals surface area contributed by atoms with Crippen molar-refractivity contribution in [3.63, 3.8) is 0 Å². The number of nitrogens with one attached hydrogen (secondary N) is 1. The van der Waals surface area contributed by atoms with Gasteiger partial charge in [-0.15, -0.1) is 0 Å². The first-order valence-corrected chi connectivity index (χ1v) is 7.12. The Kier molecular flexibility index (Phi) is 5.86. The van der Waals surface area contributed by atoms with Crippen LogP contribution < -0.4 is 10.1 Å². The highest BCUT2D eigenvalue weighted by Crippen LogP contribution is 2.17. The average molecular weight is 328 g/mol. The van der Waals surface area contributed by atoms with Crippen LogP contribution >= 0.6 is 0 Å². The third-order valence-electron chi connectivity index (χ3n) is 3.44. The summed E-state index contributed by atoms with van der Waals surface area (Å²) in [5.74, 6) is -0.574. The molecule has 23 heavy (non-hydrogen) atoms. The van der Waals surface area contributed by atoms with E-state index >= 15 is 0 Å². The van der Waals surface area contributed by atoms with E-state index in [1.165, 1.54) is 24.3 Å². The van der Waals surface area contributed by atoms with Gasteiger partial charge in [0.15, 0.2) is 0 Å². The number of alkyl halides is 2. The van der Waals surface area contributed by atoms with Crippen LogP contribution in [0.3, 0.4) is 0 Å². The lowest BCUT2D eigenvalue weighted by Gasteiger charge is -2.16. The maximum Gasteiger partial charge on any atom is 0.387 e. The molecule has 2 rings (SSSR count). The predicted molar refractivity (Wildman–Crippen MR) is 77.4 cm³/mol. The second-order valence-electron chi connectivity index (χ2n) is 5.11. The molecular formula is C15H18F2N2O4. The molecule has 0 aliphatic carbocycles. The summed E-state index contributed by atoms with van der Waals surface area (Å²) in [5, 5.41) is 2.73. The van der Waals surface area contributed by atoms with Crippen molar-refractivity contribution >= 4 is 11.8 Å². The van der Waals surface area contributed by atoms with Crippen molar-refractivity contribution < 1.29 is 27.8 Å². The Labute approximate surface area is 132 Å². The molecular weight excluding hydrogens is 310 g/mol. The van der Waals surface area contributed by atoms with Gasteiger partial charge in [0.2, 0.25) is 5.91 Å². The lowest BCUT2D eigenvalue weighted by Crippen LogP contribution is -2.37. The predicted octanol–water partition coefficient (Wildman–Crippen LogP) is 1.27. The Morgan fingerprint density at radius 3 is 2.96 bits per heavy atom. The minimum absolute atomic E-state index is 0.0536. The number of benzene rings is 1. The molecule has 1 heterocycles. The van der Waals surface area contributed by atoms with Crippen LogP contribution in [-0.4, -0.2) is 56.2 Å². The summed E-state index contributed by atoms with van der Waals surface area (Å²) in [6.07, 6.45) is 0.211. The summed E-state index contributed by atoms with van der Waals surface area (Å²) >= 11 is 0. The van der Waals surface area contributed by atoms with Gasteiger partial charge in [-0.2, -0.15) is 8.78 Å². The minimum atomic E-state index is -2.95. The first-order chi connectivity index (χ1) is 11.0. The van der Waals surface area contributed by atoms with Gasteiger partial charge in [-0.1, -0.05) is 6.07 Å². The monoisotopic (exact) mass is 328 g/mol. The normalized spacial score (nSPS) is 17.7. The van der Waals surface area contributed by atoms with E-state index in [1.807, 2.05) is 0 Å². The van der Waals surface area contributed by atoms with Crippen molar-refractivity contribution in [3.05, 3.63) is 29.8 Å². The topological polar surface area (TPSA) is 67.9 Å². The molecule has 8 heteroatoms. The summed E-state index contributed by atoms with van der Waals surface area (Å²) in [5.41, 5.74) is 0.200. The van der Waals surface area contributed by atoms with Crippen LogP contribution in [0.2, 0.25) is 0 Å². The van der Waals surface area contributed by atoms with Gasteiger partial charge in [-0.3, -0.25) is 9.59 Å². The van der Waals surface area contributed by atoms with Gasteiger partial charge >= 0.3 is 6.61 Å². The number of hydrogen-bond donors (Lipinski definition) is 1. The van der Waals surface area contributed by atoms with E-state index in [-0.39, 0.29) is 29.7 Å². The molecule has 1 aliphatic rings. The Balaban J connectivity index is 1.93. The van der Waals surface area contributed by atoms with E-state index < -0.39 is 12.5 Å². The lowest BCUT2D eigenvalue weighted by molar-refractivity contribution is -0.128. The fraction of sp³-hybridized carbons (Fsp3) is 0.467. The number of amides is 2. The zero-order chi connectivity index (χ0) is 16.8. The Bertz CT molecular complexity index is 568. The Morgan fingerprint density at radius 2 is 2.26 bits per heavy atom. The zero-order valence-corrected chi connectivity index (χ0v) is 12.6. The van der Waals surface area contributed by atoms with E-state index in [2.05, 4.69) is 10.1 Å². The van der Waals surface area contributed by atoms with E-state index in [0.29, 0.717) is 19.7 Å². The standard InChI is InChI=1S/C15H18F2N2O4/c1-22-6-5-19-9-11(8-13(19)20)18-14(21)10-3-2-4-12(7-10)23-15(16)17/h2-4,7,11,15H,5-6,8-9H2,1H3,(H,18,21)/t11-/m1/s1. The molecule has 1 aromatic carbocycles. The second-order valence-corrected chi connectivity index (χ2v) is 5.11. The summed E-state index contributed by atoms with van der Waals surface area (Å²) in [4.78, 5) is 25.6. The number of ether oxygens (including phenoxy) is 2. The van der Waals surface area contributed by atoms with E-state index in [9.17, 15) is 18.4 Å². The molecule has 0 spiro atoms. The lowest BCUT2D eigenvalue weighted by atomic mass is 10.1. The largest absolute Gasteiger partial charge is 0.435 e. The van der Waals surface area contributed by atoms with E-state index in [4.69, 9.17) is 4.74 Å². The Morgan fingerprint density at radius 1 is 1.48 bits per heavy atom. The van der Waals surface area contributed by atoms with Crippen molar-refractivity contribution in [1.29, 1.82) is 0 Å². The maximum absolute atomic E-state index is 12.2. The van der Waals surface area contributed by atoms with Gasteiger partial charge in [0.25, 0.3) is 5.91 Å². The SMILES string of the molecule is COCCN1C[C@H](NC(=O)c2cccc(OC(F)F)c2)CC1=O. The van der Waals surface area contributed by atoms with Crippen LogP contribution in [0.1, 0.15) is 16.8 Å². The number of halogens is 2. The maximum atomic E-state index is 12.2. The van der Waals surface area contributed by atoms with Gasteiger partial charge in [-0.25, -0.2) is 0 Å². The molecule has 0 bridgehead atoms. The highest BCUT2D eigenvalue weighted by molar-refractivity contribution is 5.95. The van der Waals surface area contributed by atoms with Crippen LogP contribution in [0.25, 0.3) is 0 Å². The van der Waals surface area contributed by atoms with Gasteiger partial charge in [0.1, 0.15) is 5.75 Å². The van der Waals surface area contributed by atoms with Crippen LogP contribution in [0.5, 0.6) is 5.75 Å². The summed E-state index contributed by atoms with van der Waals surface area (Å²) in [6, 6.07) is 5.21. The molecule has 1 aliphatic heterocycles. The highest BCUT2D eigenvalue weighted by Gasteiger charge is 2.30. The molecule has 1 aromatic rings. The third-order valence-corrected chi connectivity index (χ3v) is 3.44. The number of likely N-dealkylation sites (tertiary alicyclic amines) is 1. The molecule has 1 saturated heterocycles. The summed E-state index contributed by atoms with van der Waals surface area (Å²) in [6.45, 7) is -1.64. The molecule has 1 atom stereocenters. The average Bonchev–Trinajstić information content (AvgIpc) is 2.84. The molecule has 0 unspecified atom stereocenters. The molecule has 1 N–H and O–H groups in total. The quantitative estimate of drug-likeness (QED) is 0.818. The zero-order valence-electron chi connectivity index (χ0n) is 12.6. The molecule has 1 fully saturated rings. The second kappa shape index (κ2) is 7.87. The van der Waals surface area contributed by atoms with Crippen LogP contribution in [0.4, 0.5) is 8.78 Å². The summed E-state index contributed by atoms with van der Waals surface area (Å²) < 4.78 is 33.6. The first-order valence-electron chi connectivity index (χ1n) is 7.12. The molecule has 126 valence electrons. The minimum Gasteiger partial charge on any atom is -0.435 e. The number of hydrogen-bond acceptors (Lipinski definition) is 4. The molecule has 0 saturated carbocycles. The molecule has 2 amide bonds. The number of nitrogens with zero attached hydrogens (tertiary/aromatic N) is 1. The van der Waals surface area contributed by atoms with Gasteiger partial charge in [0.05, 0.1) is 12.6 Å². The van der Waals surface area contributed by atoms with Crippen molar-refractivity contribution in [2.45, 2.75) is 19.1 Å². The number of carbonyl (C=O) groups excluding carboxylic acids is 2. The van der Waals surface area contributed by atoms with Crippen molar-refractivity contribution in [2.75, 3.05) is 26.8 Å².